The van der Waals surface area contributed by atoms with Crippen LogP contribution in [0.2, 0.25) is 0 Å². The highest BCUT2D eigenvalue weighted by Crippen LogP contribution is 1.95. The van der Waals surface area contributed by atoms with E-state index in [0.29, 0.717) is 5.96 Å². The van der Waals surface area contributed by atoms with Gasteiger partial charge in [0.1, 0.15) is 0 Å². The summed E-state index contributed by atoms with van der Waals surface area (Å²) >= 11 is 0. The highest BCUT2D eigenvalue weighted by molar-refractivity contribution is 5.86. The van der Waals surface area contributed by atoms with Gasteiger partial charge in [0, 0.05) is 0 Å². The van der Waals surface area contributed by atoms with Gasteiger partial charge in [0.2, 0.25) is 0 Å². The minimum Gasteiger partial charge on any atom is -0.244 e. The fourth-order valence-electron chi connectivity index (χ4n) is 2.18. The molecule has 0 fully saturated rings. The lowest BCUT2D eigenvalue weighted by Gasteiger charge is -2.02. The van der Waals surface area contributed by atoms with Gasteiger partial charge in [-0.1, -0.05) is 91.0 Å². The van der Waals surface area contributed by atoms with Gasteiger partial charge in [-0.3, -0.25) is 0 Å². The van der Waals surface area contributed by atoms with Gasteiger partial charge in [-0.2, -0.15) is 15.3 Å². The van der Waals surface area contributed by atoms with Crippen LogP contribution < -0.4 is 10.9 Å². The number of guanidine groups is 1. The van der Waals surface area contributed by atoms with Crippen LogP contribution in [0.25, 0.3) is 0 Å². The van der Waals surface area contributed by atoms with Crippen LogP contribution in [0.4, 0.5) is 0 Å². The Morgan fingerprint density at radius 3 is 1.36 bits per heavy atom. The first kappa shape index (κ1) is 18.7. The molecule has 138 valence electrons. The summed E-state index contributed by atoms with van der Waals surface area (Å²) in [4.78, 5) is 0. The molecule has 0 amide bonds. The summed E-state index contributed by atoms with van der Waals surface area (Å²) in [6, 6.07) is 29.2. The van der Waals surface area contributed by atoms with E-state index < -0.39 is 0 Å². The molecule has 0 radical (unpaired) electrons. The Hall–Kier alpha value is -4.06. The average molecular weight is 368 g/mol. The number of nitrogens with zero attached hydrogens (tertiary/aromatic N) is 4. The molecule has 0 unspecified atom stereocenters. The summed E-state index contributed by atoms with van der Waals surface area (Å²) in [6.45, 7) is 0. The van der Waals surface area contributed by atoms with Crippen molar-refractivity contribution in [2.45, 2.75) is 0 Å². The number of benzene rings is 3. The maximum absolute atomic E-state index is 4.18. The molecule has 0 bridgehead atoms. The van der Waals surface area contributed by atoms with Gasteiger partial charge >= 0.3 is 0 Å². The van der Waals surface area contributed by atoms with Gasteiger partial charge in [-0.25, -0.2) is 10.9 Å². The zero-order valence-electron chi connectivity index (χ0n) is 15.2. The van der Waals surface area contributed by atoms with Gasteiger partial charge in [0.05, 0.1) is 18.6 Å². The Balaban J connectivity index is 1.67. The smallest absolute Gasteiger partial charge is 0.244 e. The van der Waals surface area contributed by atoms with Crippen LogP contribution in [-0.4, -0.2) is 24.6 Å². The molecule has 0 saturated heterocycles. The quantitative estimate of drug-likeness (QED) is 0.396. The van der Waals surface area contributed by atoms with Crippen molar-refractivity contribution in [3.8, 4) is 0 Å². The van der Waals surface area contributed by atoms with Gasteiger partial charge in [-0.15, -0.1) is 5.10 Å². The molecule has 0 atom stereocenters. The van der Waals surface area contributed by atoms with Crippen molar-refractivity contribution < 1.29 is 0 Å². The fourth-order valence-corrected chi connectivity index (χ4v) is 2.18. The molecule has 6 nitrogen and oxygen atoms in total. The van der Waals surface area contributed by atoms with Gasteiger partial charge in [-0.05, 0) is 16.7 Å². The standard InChI is InChI=1S/C22H20N6/c1-4-10-19(11-5-1)16-23-26-22(27-24-17-20-12-6-2-7-13-20)28-25-18-21-14-8-3-9-15-21/h1-18H,(H2,26,27,28). The topological polar surface area (TPSA) is 73.5 Å². The van der Waals surface area contributed by atoms with Crippen molar-refractivity contribution in [3.63, 3.8) is 0 Å². The number of hydrazone groups is 2. The Bertz CT molecular complexity index is 895. The monoisotopic (exact) mass is 368 g/mol. The third-order valence-electron chi connectivity index (χ3n) is 3.53. The van der Waals surface area contributed by atoms with Crippen molar-refractivity contribution in [2.24, 2.45) is 20.4 Å². The number of hydrogen-bond donors (Lipinski definition) is 2. The zero-order chi connectivity index (χ0) is 19.3. The molecule has 0 aliphatic carbocycles. The molecule has 6 heteroatoms. The number of rotatable bonds is 6. The fraction of sp³-hybridized carbons (Fsp3) is 0. The molecular formula is C22H20N6. The summed E-state index contributed by atoms with van der Waals surface area (Å²) in [5, 5.41) is 16.6. The Morgan fingerprint density at radius 2 is 0.929 bits per heavy atom. The summed E-state index contributed by atoms with van der Waals surface area (Å²) in [5.41, 5.74) is 8.53. The molecule has 3 rings (SSSR count). The lowest BCUT2D eigenvalue weighted by Crippen LogP contribution is -2.30. The highest BCUT2D eigenvalue weighted by Gasteiger charge is 1.94. The van der Waals surface area contributed by atoms with E-state index >= 15 is 0 Å². The van der Waals surface area contributed by atoms with Crippen molar-refractivity contribution >= 4 is 24.6 Å². The maximum atomic E-state index is 4.18. The van der Waals surface area contributed by atoms with E-state index in [4.69, 9.17) is 0 Å². The minimum absolute atomic E-state index is 0.298. The third kappa shape index (κ3) is 6.68. The van der Waals surface area contributed by atoms with Crippen LogP contribution >= 0.6 is 0 Å². The van der Waals surface area contributed by atoms with E-state index in [0.717, 1.165) is 16.7 Å². The summed E-state index contributed by atoms with van der Waals surface area (Å²) in [6.07, 6.45) is 5.04. The lowest BCUT2D eigenvalue weighted by atomic mass is 10.2. The third-order valence-corrected chi connectivity index (χ3v) is 3.53. The van der Waals surface area contributed by atoms with Crippen molar-refractivity contribution in [2.75, 3.05) is 0 Å². The Kier molecular flexibility index (Phi) is 7.24. The molecule has 3 aromatic carbocycles. The second kappa shape index (κ2) is 10.8. The Morgan fingerprint density at radius 1 is 0.536 bits per heavy atom. The van der Waals surface area contributed by atoms with Gasteiger partial charge < -0.3 is 0 Å². The van der Waals surface area contributed by atoms with Crippen molar-refractivity contribution in [1.29, 1.82) is 0 Å². The van der Waals surface area contributed by atoms with E-state index in [9.17, 15) is 0 Å². The molecule has 0 aliphatic heterocycles. The molecule has 28 heavy (non-hydrogen) atoms. The average Bonchev–Trinajstić information content (AvgIpc) is 2.76. The summed E-state index contributed by atoms with van der Waals surface area (Å²) < 4.78 is 0. The molecule has 0 aromatic heterocycles. The van der Waals surface area contributed by atoms with E-state index in [1.165, 1.54) is 0 Å². The molecule has 3 aromatic rings. The predicted octanol–water partition coefficient (Wildman–Crippen LogP) is 3.62. The normalized spacial score (nSPS) is 11.1. The second-order valence-electron chi connectivity index (χ2n) is 5.67. The maximum Gasteiger partial charge on any atom is 0.257 e. The molecule has 0 saturated carbocycles. The van der Waals surface area contributed by atoms with Crippen LogP contribution in [0.3, 0.4) is 0 Å². The summed E-state index contributed by atoms with van der Waals surface area (Å²) in [7, 11) is 0. The van der Waals surface area contributed by atoms with E-state index in [-0.39, 0.29) is 0 Å². The first-order valence-electron chi connectivity index (χ1n) is 8.74. The van der Waals surface area contributed by atoms with Crippen molar-refractivity contribution in [3.05, 3.63) is 108 Å². The SMILES string of the molecule is C(=NN=C(NN=Cc1ccccc1)NN=Cc1ccccc1)c1ccccc1. The highest BCUT2D eigenvalue weighted by atomic mass is 15.5. The molecule has 0 heterocycles. The largest absolute Gasteiger partial charge is 0.257 e. The first-order chi connectivity index (χ1) is 13.9. The molecule has 0 aliphatic rings. The van der Waals surface area contributed by atoms with Crippen LogP contribution in [0.1, 0.15) is 16.7 Å². The minimum atomic E-state index is 0.298. The first-order valence-corrected chi connectivity index (χ1v) is 8.74. The van der Waals surface area contributed by atoms with Gasteiger partial charge in [0.25, 0.3) is 5.96 Å². The van der Waals surface area contributed by atoms with E-state index in [2.05, 4.69) is 31.3 Å². The number of nitrogens with one attached hydrogen (secondary N) is 2. The van der Waals surface area contributed by atoms with Crippen LogP contribution in [-0.2, 0) is 0 Å². The lowest BCUT2D eigenvalue weighted by molar-refractivity contribution is 0.890. The molecule has 0 spiro atoms. The van der Waals surface area contributed by atoms with Gasteiger partial charge in [0.15, 0.2) is 0 Å². The predicted molar refractivity (Wildman–Crippen MR) is 116 cm³/mol. The van der Waals surface area contributed by atoms with Crippen LogP contribution in [0.5, 0.6) is 0 Å². The molecular weight excluding hydrogens is 348 g/mol. The van der Waals surface area contributed by atoms with E-state index in [1.54, 1.807) is 18.6 Å². The Labute approximate surface area is 164 Å². The summed E-state index contributed by atoms with van der Waals surface area (Å²) in [5.74, 6) is 0.298. The second-order valence-corrected chi connectivity index (χ2v) is 5.67. The number of hydrogen-bond acceptors (Lipinski definition) is 4. The van der Waals surface area contributed by atoms with E-state index in [1.807, 2.05) is 91.0 Å². The molecule has 2 N–H and O–H groups in total. The van der Waals surface area contributed by atoms with Crippen LogP contribution in [0.15, 0.2) is 111 Å². The zero-order valence-corrected chi connectivity index (χ0v) is 15.2. The van der Waals surface area contributed by atoms with Crippen LogP contribution in [0, 0.1) is 0 Å². The van der Waals surface area contributed by atoms with Crippen molar-refractivity contribution in [1.82, 2.24) is 10.9 Å².